The minimum atomic E-state index is -0.335. The fourth-order valence-electron chi connectivity index (χ4n) is 2.46. The van der Waals surface area contributed by atoms with Crippen molar-refractivity contribution in [1.29, 1.82) is 0 Å². The van der Waals surface area contributed by atoms with Crippen LogP contribution in [0.5, 0.6) is 0 Å². The Morgan fingerprint density at radius 2 is 2.00 bits per heavy atom. The molecule has 6 heteroatoms. The van der Waals surface area contributed by atoms with Crippen LogP contribution in [0.15, 0.2) is 24.3 Å². The van der Waals surface area contributed by atoms with Gasteiger partial charge < -0.3 is 15.5 Å². The average Bonchev–Trinajstić information content (AvgIpc) is 2.89. The Bertz CT molecular complexity index is 620. The molecule has 1 heterocycles. The number of hydrogen-bond donors (Lipinski definition) is 2. The van der Waals surface area contributed by atoms with Gasteiger partial charge in [0.05, 0.1) is 6.54 Å². The van der Waals surface area contributed by atoms with E-state index < -0.39 is 0 Å². The van der Waals surface area contributed by atoms with E-state index in [4.69, 9.17) is 0 Å². The lowest BCUT2D eigenvalue weighted by molar-refractivity contribution is -0.121. The second kappa shape index (κ2) is 6.81. The van der Waals surface area contributed by atoms with Crippen LogP contribution in [0.3, 0.4) is 0 Å². The lowest BCUT2D eigenvalue weighted by Crippen LogP contribution is -2.45. The van der Waals surface area contributed by atoms with Crippen LogP contribution in [-0.2, 0) is 9.59 Å². The second-order valence-electron chi connectivity index (χ2n) is 6.68. The molecule has 0 atom stereocenters. The summed E-state index contributed by atoms with van der Waals surface area (Å²) in [6, 6.07) is 6.90. The Kier molecular flexibility index (Phi) is 5.03. The summed E-state index contributed by atoms with van der Waals surface area (Å²) in [4.78, 5) is 37.4. The molecule has 0 unspecified atom stereocenters. The normalized spacial score (nSPS) is 14.7. The van der Waals surface area contributed by atoms with Crippen molar-refractivity contribution < 1.29 is 14.4 Å². The number of nitrogens with one attached hydrogen (secondary N) is 2. The van der Waals surface area contributed by atoms with Gasteiger partial charge in [-0.2, -0.15) is 0 Å². The Balaban J connectivity index is 1.97. The first kappa shape index (κ1) is 17.0. The minimum Gasteiger partial charge on any atom is -0.350 e. The maximum absolute atomic E-state index is 12.2. The molecule has 0 bridgehead atoms. The molecule has 1 aromatic rings. The Labute approximate surface area is 136 Å². The smallest absolute Gasteiger partial charge is 0.251 e. The highest BCUT2D eigenvalue weighted by Gasteiger charge is 2.22. The summed E-state index contributed by atoms with van der Waals surface area (Å²) >= 11 is 0. The molecule has 1 aliphatic heterocycles. The fraction of sp³-hybridized carbons (Fsp3) is 0.471. The molecule has 0 radical (unpaired) electrons. The number of carbonyl (C=O) groups is 3. The lowest BCUT2D eigenvalue weighted by atomic mass is 10.1. The largest absolute Gasteiger partial charge is 0.350 e. The molecule has 1 aliphatic rings. The van der Waals surface area contributed by atoms with Crippen LogP contribution in [0.2, 0.25) is 0 Å². The Hall–Kier alpha value is -2.37. The van der Waals surface area contributed by atoms with Gasteiger partial charge in [0, 0.05) is 29.8 Å². The number of amides is 3. The predicted octanol–water partition coefficient (Wildman–Crippen LogP) is 1.46. The zero-order valence-electron chi connectivity index (χ0n) is 13.8. The molecule has 23 heavy (non-hydrogen) atoms. The van der Waals surface area contributed by atoms with Gasteiger partial charge in [0.25, 0.3) is 5.91 Å². The molecule has 6 nitrogen and oxygen atoms in total. The van der Waals surface area contributed by atoms with Crippen LogP contribution in [0.25, 0.3) is 0 Å². The third kappa shape index (κ3) is 4.81. The van der Waals surface area contributed by atoms with E-state index in [1.54, 1.807) is 23.1 Å². The number of carbonyl (C=O) groups excluding carboxylic acids is 3. The SMILES string of the molecule is CC(C)(C)NC(=O)CNC(=O)c1cccc(N2CCCC2=O)c1. The summed E-state index contributed by atoms with van der Waals surface area (Å²) in [6.45, 7) is 6.23. The summed E-state index contributed by atoms with van der Waals surface area (Å²) in [6.07, 6.45) is 1.38. The number of nitrogens with zero attached hydrogens (tertiary/aromatic N) is 1. The number of hydrogen-bond acceptors (Lipinski definition) is 3. The highest BCUT2D eigenvalue weighted by molar-refractivity contribution is 6.00. The van der Waals surface area contributed by atoms with E-state index in [2.05, 4.69) is 10.6 Å². The number of anilines is 1. The quantitative estimate of drug-likeness (QED) is 0.882. The third-order valence-electron chi connectivity index (χ3n) is 3.42. The van der Waals surface area contributed by atoms with Crippen molar-refractivity contribution in [3.8, 4) is 0 Å². The van der Waals surface area contributed by atoms with Crippen molar-refractivity contribution in [3.63, 3.8) is 0 Å². The van der Waals surface area contributed by atoms with Crippen LogP contribution >= 0.6 is 0 Å². The predicted molar refractivity (Wildman–Crippen MR) is 88.3 cm³/mol. The average molecular weight is 317 g/mol. The van der Waals surface area contributed by atoms with Crippen LogP contribution in [0.4, 0.5) is 5.69 Å². The van der Waals surface area contributed by atoms with Gasteiger partial charge in [-0.1, -0.05) is 6.07 Å². The second-order valence-corrected chi connectivity index (χ2v) is 6.68. The van der Waals surface area contributed by atoms with Crippen LogP contribution in [0, 0.1) is 0 Å². The first-order valence-corrected chi connectivity index (χ1v) is 7.76. The molecule has 0 aliphatic carbocycles. The number of benzene rings is 1. The zero-order chi connectivity index (χ0) is 17.0. The van der Waals surface area contributed by atoms with Gasteiger partial charge in [0.15, 0.2) is 0 Å². The third-order valence-corrected chi connectivity index (χ3v) is 3.42. The van der Waals surface area contributed by atoms with Gasteiger partial charge >= 0.3 is 0 Å². The van der Waals surface area contributed by atoms with Gasteiger partial charge in [-0.15, -0.1) is 0 Å². The van der Waals surface area contributed by atoms with Crippen LogP contribution < -0.4 is 15.5 Å². The van der Waals surface area contributed by atoms with Gasteiger partial charge in [-0.05, 0) is 45.4 Å². The lowest BCUT2D eigenvalue weighted by Gasteiger charge is -2.20. The summed E-state index contributed by atoms with van der Waals surface area (Å²) in [5.74, 6) is -0.494. The summed E-state index contributed by atoms with van der Waals surface area (Å²) in [5, 5.41) is 5.38. The molecule has 0 saturated carbocycles. The molecule has 2 rings (SSSR count). The Morgan fingerprint density at radius 3 is 2.61 bits per heavy atom. The molecular formula is C17H23N3O3. The maximum Gasteiger partial charge on any atom is 0.251 e. The molecule has 1 aromatic carbocycles. The van der Waals surface area contributed by atoms with E-state index in [1.807, 2.05) is 26.8 Å². The highest BCUT2D eigenvalue weighted by atomic mass is 16.2. The summed E-state index contributed by atoms with van der Waals surface area (Å²) in [7, 11) is 0. The molecule has 2 N–H and O–H groups in total. The van der Waals surface area contributed by atoms with Crippen molar-refractivity contribution in [2.75, 3.05) is 18.0 Å². The summed E-state index contributed by atoms with van der Waals surface area (Å²) in [5.41, 5.74) is 0.822. The molecular weight excluding hydrogens is 294 g/mol. The van der Waals surface area contributed by atoms with Gasteiger partial charge in [0.2, 0.25) is 11.8 Å². The first-order valence-electron chi connectivity index (χ1n) is 7.76. The van der Waals surface area contributed by atoms with E-state index in [0.717, 1.165) is 12.1 Å². The van der Waals surface area contributed by atoms with Gasteiger partial charge in [-0.3, -0.25) is 14.4 Å². The topological polar surface area (TPSA) is 78.5 Å². The molecule has 1 fully saturated rings. The van der Waals surface area contributed by atoms with Crippen molar-refractivity contribution in [2.45, 2.75) is 39.2 Å². The van der Waals surface area contributed by atoms with E-state index in [0.29, 0.717) is 18.5 Å². The zero-order valence-corrected chi connectivity index (χ0v) is 13.8. The molecule has 0 aromatic heterocycles. The molecule has 124 valence electrons. The number of rotatable bonds is 4. The van der Waals surface area contributed by atoms with E-state index in [1.165, 1.54) is 0 Å². The van der Waals surface area contributed by atoms with Crippen molar-refractivity contribution in [3.05, 3.63) is 29.8 Å². The highest BCUT2D eigenvalue weighted by Crippen LogP contribution is 2.22. The van der Waals surface area contributed by atoms with Crippen LogP contribution in [-0.4, -0.2) is 36.3 Å². The first-order chi connectivity index (χ1) is 10.8. The van der Waals surface area contributed by atoms with Crippen molar-refractivity contribution in [1.82, 2.24) is 10.6 Å². The minimum absolute atomic E-state index is 0.0760. The maximum atomic E-state index is 12.2. The van der Waals surface area contributed by atoms with Gasteiger partial charge in [0.1, 0.15) is 0 Å². The molecule has 1 saturated heterocycles. The van der Waals surface area contributed by atoms with Crippen LogP contribution in [0.1, 0.15) is 44.0 Å². The van der Waals surface area contributed by atoms with Gasteiger partial charge in [-0.25, -0.2) is 0 Å². The van der Waals surface area contributed by atoms with E-state index in [9.17, 15) is 14.4 Å². The van der Waals surface area contributed by atoms with E-state index >= 15 is 0 Å². The standard InChI is InChI=1S/C17H23N3O3/c1-17(2,3)19-14(21)11-18-16(23)12-6-4-7-13(10-12)20-9-5-8-15(20)22/h4,6-7,10H,5,8-9,11H2,1-3H3,(H,18,23)(H,19,21). The Morgan fingerprint density at radius 1 is 1.26 bits per heavy atom. The van der Waals surface area contributed by atoms with Crippen molar-refractivity contribution in [2.24, 2.45) is 0 Å². The van der Waals surface area contributed by atoms with E-state index in [-0.39, 0.29) is 29.8 Å². The fourth-order valence-corrected chi connectivity index (χ4v) is 2.46. The monoisotopic (exact) mass is 317 g/mol. The molecule has 3 amide bonds. The summed E-state index contributed by atoms with van der Waals surface area (Å²) < 4.78 is 0. The molecule has 0 spiro atoms. The van der Waals surface area contributed by atoms with Crippen molar-refractivity contribution >= 4 is 23.4 Å².